The summed E-state index contributed by atoms with van der Waals surface area (Å²) in [5.41, 5.74) is 6.07. The second-order valence-electron chi connectivity index (χ2n) is 2.05. The molecule has 0 aliphatic rings. The number of aromatic hydroxyl groups is 1. The van der Waals surface area contributed by atoms with Gasteiger partial charge in [0.15, 0.2) is 11.5 Å². The summed E-state index contributed by atoms with van der Waals surface area (Å²) >= 11 is 3.17. The maximum Gasteiger partial charge on any atom is 0.162 e. The average Bonchev–Trinajstić information content (AvgIpc) is 1.97. The van der Waals surface area contributed by atoms with E-state index in [9.17, 15) is 5.11 Å². The molecule has 0 amide bonds. The first kappa shape index (κ1) is 8.20. The first-order valence-electron chi connectivity index (χ1n) is 2.97. The number of phenols is 1. The molecule has 0 atom stereocenters. The van der Waals surface area contributed by atoms with Crippen molar-refractivity contribution >= 4 is 21.6 Å². The second-order valence-corrected chi connectivity index (χ2v) is 2.90. The molecule has 0 bridgehead atoms. The molecule has 3 nitrogen and oxygen atoms in total. The summed E-state index contributed by atoms with van der Waals surface area (Å²) in [5.74, 6) is 0.458. The topological polar surface area (TPSA) is 55.5 Å². The Balaban J connectivity index is 3.21. The number of hydrogen-bond acceptors (Lipinski definition) is 3. The molecule has 0 radical (unpaired) electrons. The van der Waals surface area contributed by atoms with Crippen LogP contribution in [0.5, 0.6) is 11.5 Å². The Kier molecular flexibility index (Phi) is 2.24. The zero-order valence-corrected chi connectivity index (χ0v) is 7.55. The third kappa shape index (κ3) is 1.57. The SMILES string of the molecule is COc1cc(N)c(Br)cc1O. The van der Waals surface area contributed by atoms with Gasteiger partial charge in [0.1, 0.15) is 0 Å². The molecule has 0 fully saturated rings. The fourth-order valence-corrected chi connectivity index (χ4v) is 1.05. The van der Waals surface area contributed by atoms with Gasteiger partial charge in [0.05, 0.1) is 7.11 Å². The van der Waals surface area contributed by atoms with Gasteiger partial charge < -0.3 is 15.6 Å². The number of hydrogen-bond donors (Lipinski definition) is 2. The van der Waals surface area contributed by atoms with Crippen LogP contribution in [0, 0.1) is 0 Å². The van der Waals surface area contributed by atoms with Gasteiger partial charge in [-0.15, -0.1) is 0 Å². The van der Waals surface area contributed by atoms with Crippen molar-refractivity contribution in [2.75, 3.05) is 12.8 Å². The van der Waals surface area contributed by atoms with Gasteiger partial charge in [-0.1, -0.05) is 0 Å². The highest BCUT2D eigenvalue weighted by molar-refractivity contribution is 9.10. The number of benzene rings is 1. The van der Waals surface area contributed by atoms with Crippen LogP contribution in [-0.4, -0.2) is 12.2 Å². The van der Waals surface area contributed by atoms with E-state index in [-0.39, 0.29) is 5.75 Å². The number of anilines is 1. The molecular formula is C7H8BrNO2. The lowest BCUT2D eigenvalue weighted by atomic mass is 10.3. The van der Waals surface area contributed by atoms with Crippen LogP contribution in [0.15, 0.2) is 16.6 Å². The quantitative estimate of drug-likeness (QED) is 0.557. The van der Waals surface area contributed by atoms with Gasteiger partial charge in [-0.05, 0) is 15.9 Å². The van der Waals surface area contributed by atoms with Crippen molar-refractivity contribution in [1.82, 2.24) is 0 Å². The third-order valence-electron chi connectivity index (χ3n) is 1.30. The molecule has 0 aliphatic heterocycles. The molecule has 0 aliphatic carbocycles. The Hall–Kier alpha value is -0.900. The average molecular weight is 218 g/mol. The maximum absolute atomic E-state index is 9.21. The maximum atomic E-state index is 9.21. The fourth-order valence-electron chi connectivity index (χ4n) is 0.722. The van der Waals surface area contributed by atoms with Gasteiger partial charge in [0.2, 0.25) is 0 Å². The number of phenolic OH excluding ortho intramolecular Hbond substituents is 1. The van der Waals surface area contributed by atoms with E-state index in [0.29, 0.717) is 15.9 Å². The van der Waals surface area contributed by atoms with Crippen LogP contribution in [0.3, 0.4) is 0 Å². The van der Waals surface area contributed by atoms with Crippen LogP contribution in [0.2, 0.25) is 0 Å². The zero-order chi connectivity index (χ0) is 8.43. The summed E-state index contributed by atoms with van der Waals surface area (Å²) in [5, 5.41) is 9.21. The van der Waals surface area contributed by atoms with Crippen LogP contribution in [0.1, 0.15) is 0 Å². The molecule has 60 valence electrons. The van der Waals surface area contributed by atoms with Crippen molar-refractivity contribution in [2.24, 2.45) is 0 Å². The zero-order valence-electron chi connectivity index (χ0n) is 5.97. The minimum Gasteiger partial charge on any atom is -0.504 e. The fraction of sp³-hybridized carbons (Fsp3) is 0.143. The standard InChI is InChI=1S/C7H8BrNO2/c1-11-7-3-5(9)4(8)2-6(7)10/h2-3,10H,9H2,1H3. The predicted molar refractivity (Wildman–Crippen MR) is 46.8 cm³/mol. The number of nitrogen functional groups attached to an aromatic ring is 1. The van der Waals surface area contributed by atoms with Crippen molar-refractivity contribution in [3.8, 4) is 11.5 Å². The summed E-state index contributed by atoms with van der Waals surface area (Å²) in [7, 11) is 1.47. The lowest BCUT2D eigenvalue weighted by molar-refractivity contribution is 0.373. The van der Waals surface area contributed by atoms with Crippen molar-refractivity contribution < 1.29 is 9.84 Å². The Morgan fingerprint density at radius 3 is 2.73 bits per heavy atom. The molecule has 3 N–H and O–H groups in total. The Labute approximate surface area is 72.9 Å². The van der Waals surface area contributed by atoms with E-state index in [1.807, 2.05) is 0 Å². The largest absolute Gasteiger partial charge is 0.504 e. The first-order chi connectivity index (χ1) is 5.15. The normalized spacial score (nSPS) is 9.64. The van der Waals surface area contributed by atoms with E-state index in [2.05, 4.69) is 15.9 Å². The Morgan fingerprint density at radius 2 is 2.18 bits per heavy atom. The molecule has 0 saturated carbocycles. The second kappa shape index (κ2) is 3.00. The number of methoxy groups -OCH3 is 1. The molecule has 0 unspecified atom stereocenters. The number of nitrogens with two attached hydrogens (primary N) is 1. The van der Waals surface area contributed by atoms with Crippen LogP contribution in [0.25, 0.3) is 0 Å². The molecule has 0 spiro atoms. The summed E-state index contributed by atoms with van der Waals surface area (Å²) in [6.45, 7) is 0. The van der Waals surface area contributed by atoms with Crippen molar-refractivity contribution in [1.29, 1.82) is 0 Å². The van der Waals surface area contributed by atoms with Crippen molar-refractivity contribution in [2.45, 2.75) is 0 Å². The number of halogens is 1. The lowest BCUT2D eigenvalue weighted by Crippen LogP contribution is -1.89. The number of ether oxygens (including phenoxy) is 1. The van der Waals surface area contributed by atoms with Gasteiger partial charge in [0.25, 0.3) is 0 Å². The summed E-state index contributed by atoms with van der Waals surface area (Å²) in [6.07, 6.45) is 0. The molecular weight excluding hydrogens is 210 g/mol. The van der Waals surface area contributed by atoms with Crippen molar-refractivity contribution in [3.63, 3.8) is 0 Å². The molecule has 1 rings (SSSR count). The minimum atomic E-state index is 0.0774. The minimum absolute atomic E-state index is 0.0774. The van der Waals surface area contributed by atoms with Crippen LogP contribution in [-0.2, 0) is 0 Å². The van der Waals surface area contributed by atoms with E-state index in [1.165, 1.54) is 13.2 Å². The van der Waals surface area contributed by atoms with E-state index in [0.717, 1.165) is 0 Å². The van der Waals surface area contributed by atoms with E-state index in [4.69, 9.17) is 10.5 Å². The number of rotatable bonds is 1. The highest BCUT2D eigenvalue weighted by Crippen LogP contribution is 2.33. The molecule has 1 aromatic carbocycles. The molecule has 11 heavy (non-hydrogen) atoms. The first-order valence-corrected chi connectivity index (χ1v) is 3.76. The van der Waals surface area contributed by atoms with Gasteiger partial charge in [-0.25, -0.2) is 0 Å². The van der Waals surface area contributed by atoms with Crippen molar-refractivity contribution in [3.05, 3.63) is 16.6 Å². The highest BCUT2D eigenvalue weighted by Gasteiger charge is 2.04. The van der Waals surface area contributed by atoms with Gasteiger partial charge in [-0.2, -0.15) is 0 Å². The van der Waals surface area contributed by atoms with Gasteiger partial charge in [0, 0.05) is 22.3 Å². The van der Waals surface area contributed by atoms with Gasteiger partial charge >= 0.3 is 0 Å². The van der Waals surface area contributed by atoms with Crippen LogP contribution >= 0.6 is 15.9 Å². The highest BCUT2D eigenvalue weighted by atomic mass is 79.9. The third-order valence-corrected chi connectivity index (χ3v) is 1.98. The van der Waals surface area contributed by atoms with Crippen LogP contribution in [0.4, 0.5) is 5.69 Å². The van der Waals surface area contributed by atoms with E-state index in [1.54, 1.807) is 6.07 Å². The Morgan fingerprint density at radius 1 is 1.55 bits per heavy atom. The summed E-state index contributed by atoms with van der Waals surface area (Å²) in [6, 6.07) is 3.05. The summed E-state index contributed by atoms with van der Waals surface area (Å²) < 4.78 is 5.49. The molecule has 0 aromatic heterocycles. The van der Waals surface area contributed by atoms with Crippen LogP contribution < -0.4 is 10.5 Å². The molecule has 0 saturated heterocycles. The smallest absolute Gasteiger partial charge is 0.162 e. The van der Waals surface area contributed by atoms with E-state index < -0.39 is 0 Å². The van der Waals surface area contributed by atoms with E-state index >= 15 is 0 Å². The molecule has 1 aromatic rings. The van der Waals surface area contributed by atoms with Gasteiger partial charge in [-0.3, -0.25) is 0 Å². The Bertz CT molecular complexity index is 275. The summed E-state index contributed by atoms with van der Waals surface area (Å²) in [4.78, 5) is 0. The monoisotopic (exact) mass is 217 g/mol. The predicted octanol–water partition coefficient (Wildman–Crippen LogP) is 1.75. The lowest BCUT2D eigenvalue weighted by Gasteiger charge is -2.04. The molecule has 0 heterocycles. The molecule has 4 heteroatoms.